The maximum absolute atomic E-state index is 13.1. The third-order valence-corrected chi connectivity index (χ3v) is 6.98. The predicted molar refractivity (Wildman–Crippen MR) is 99.9 cm³/mol. The van der Waals surface area contributed by atoms with Gasteiger partial charge in [0.15, 0.2) is 0 Å². The van der Waals surface area contributed by atoms with E-state index in [2.05, 4.69) is 5.10 Å². The van der Waals surface area contributed by atoms with Gasteiger partial charge < -0.3 is 0 Å². The fourth-order valence-electron chi connectivity index (χ4n) is 3.62. The summed E-state index contributed by atoms with van der Waals surface area (Å²) in [4.78, 5) is 12.5. The molecule has 0 N–H and O–H groups in total. The SMILES string of the molecule is Cc1cc(C)n(C(=O)C[C@@H]2CCCCN2S(=O)(=O)c2ccc(C(F)(F)F)cc2)n1. The van der Waals surface area contributed by atoms with Crippen LogP contribution >= 0.6 is 0 Å². The van der Waals surface area contributed by atoms with Gasteiger partial charge in [0.05, 0.1) is 16.2 Å². The lowest BCUT2D eigenvalue weighted by Gasteiger charge is -2.34. The summed E-state index contributed by atoms with van der Waals surface area (Å²) in [5.74, 6) is -0.310. The number of aromatic nitrogens is 2. The van der Waals surface area contributed by atoms with Gasteiger partial charge in [-0.05, 0) is 57.0 Å². The van der Waals surface area contributed by atoms with Crippen LogP contribution in [0.4, 0.5) is 13.2 Å². The van der Waals surface area contributed by atoms with Crippen LogP contribution < -0.4 is 0 Å². The fourth-order valence-corrected chi connectivity index (χ4v) is 5.31. The van der Waals surface area contributed by atoms with Crippen LogP contribution in [0.25, 0.3) is 0 Å². The third-order valence-electron chi connectivity index (χ3n) is 5.02. The molecule has 0 saturated carbocycles. The molecule has 1 aromatic carbocycles. The lowest BCUT2D eigenvalue weighted by molar-refractivity contribution is -0.137. The van der Waals surface area contributed by atoms with Gasteiger partial charge in [0.1, 0.15) is 0 Å². The molecule has 0 unspecified atom stereocenters. The maximum atomic E-state index is 13.1. The molecule has 0 bridgehead atoms. The zero-order valence-electron chi connectivity index (χ0n) is 16.1. The smallest absolute Gasteiger partial charge is 0.273 e. The molecule has 1 fully saturated rings. The Balaban J connectivity index is 1.84. The summed E-state index contributed by atoms with van der Waals surface area (Å²) in [5.41, 5.74) is 0.445. The van der Waals surface area contributed by atoms with Crippen molar-refractivity contribution in [3.05, 3.63) is 47.3 Å². The summed E-state index contributed by atoms with van der Waals surface area (Å²) in [5, 5.41) is 4.15. The van der Waals surface area contributed by atoms with E-state index in [1.807, 2.05) is 0 Å². The number of carbonyl (C=O) groups is 1. The number of nitrogens with zero attached hydrogens (tertiary/aromatic N) is 3. The van der Waals surface area contributed by atoms with Crippen LogP contribution in [-0.4, -0.2) is 41.0 Å². The van der Waals surface area contributed by atoms with Gasteiger partial charge in [-0.25, -0.2) is 13.1 Å². The van der Waals surface area contributed by atoms with Crippen molar-refractivity contribution in [2.45, 2.75) is 56.6 Å². The standard InChI is InChI=1S/C19H22F3N3O3S/c1-13-11-14(2)25(23-13)18(26)12-16-5-3-4-10-24(16)29(27,28)17-8-6-15(7-9-17)19(20,21)22/h6-9,11,16H,3-5,10,12H2,1-2H3/t16-/m0/s1. The first-order valence-electron chi connectivity index (χ1n) is 9.26. The van der Waals surface area contributed by atoms with Crippen LogP contribution in [0, 0.1) is 13.8 Å². The molecule has 1 atom stereocenters. The second kappa shape index (κ2) is 7.91. The zero-order valence-corrected chi connectivity index (χ0v) is 16.9. The number of piperidine rings is 1. The first-order valence-corrected chi connectivity index (χ1v) is 10.7. The van der Waals surface area contributed by atoms with Gasteiger partial charge >= 0.3 is 6.18 Å². The van der Waals surface area contributed by atoms with Gasteiger partial charge in [0, 0.05) is 24.7 Å². The molecular formula is C19H22F3N3O3S. The summed E-state index contributed by atoms with van der Waals surface area (Å²) in [6.07, 6.45) is -2.67. The van der Waals surface area contributed by atoms with Crippen molar-refractivity contribution in [1.82, 2.24) is 14.1 Å². The molecule has 1 aliphatic rings. The van der Waals surface area contributed by atoms with Crippen molar-refractivity contribution in [2.75, 3.05) is 6.54 Å². The Morgan fingerprint density at radius 1 is 1.17 bits per heavy atom. The molecule has 1 aromatic heterocycles. The largest absolute Gasteiger partial charge is 0.416 e. The topological polar surface area (TPSA) is 72.3 Å². The third kappa shape index (κ3) is 4.53. The van der Waals surface area contributed by atoms with Crippen molar-refractivity contribution >= 4 is 15.9 Å². The molecule has 2 heterocycles. The van der Waals surface area contributed by atoms with E-state index in [-0.39, 0.29) is 23.8 Å². The Morgan fingerprint density at radius 2 is 1.83 bits per heavy atom. The molecular weight excluding hydrogens is 407 g/mol. The molecule has 0 aliphatic carbocycles. The number of sulfonamides is 1. The Bertz CT molecular complexity index is 998. The van der Waals surface area contributed by atoms with Gasteiger partial charge in [-0.1, -0.05) is 6.42 Å². The highest BCUT2D eigenvalue weighted by atomic mass is 32.2. The average Bonchev–Trinajstić information content (AvgIpc) is 3.00. The molecule has 6 nitrogen and oxygen atoms in total. The Morgan fingerprint density at radius 3 is 2.38 bits per heavy atom. The second-order valence-electron chi connectivity index (χ2n) is 7.22. The summed E-state index contributed by atoms with van der Waals surface area (Å²) >= 11 is 0. The molecule has 1 aliphatic heterocycles. The highest BCUT2D eigenvalue weighted by Gasteiger charge is 2.36. The number of halogens is 3. The number of rotatable bonds is 4. The molecule has 158 valence electrons. The minimum atomic E-state index is -4.54. The van der Waals surface area contributed by atoms with Crippen molar-refractivity contribution in [3.8, 4) is 0 Å². The lowest BCUT2D eigenvalue weighted by atomic mass is 10.0. The van der Waals surface area contributed by atoms with Gasteiger partial charge in [-0.2, -0.15) is 22.6 Å². The maximum Gasteiger partial charge on any atom is 0.416 e. The lowest BCUT2D eigenvalue weighted by Crippen LogP contribution is -2.45. The molecule has 10 heteroatoms. The predicted octanol–water partition coefficient (Wildman–Crippen LogP) is 3.79. The molecule has 0 spiro atoms. The van der Waals surface area contributed by atoms with E-state index in [9.17, 15) is 26.4 Å². The highest BCUT2D eigenvalue weighted by Crippen LogP contribution is 2.32. The number of hydrogen-bond donors (Lipinski definition) is 0. The van der Waals surface area contributed by atoms with E-state index in [1.54, 1.807) is 19.9 Å². The summed E-state index contributed by atoms with van der Waals surface area (Å²) in [6, 6.07) is 4.64. The number of hydrogen-bond acceptors (Lipinski definition) is 4. The van der Waals surface area contributed by atoms with E-state index in [1.165, 1.54) is 8.99 Å². The first-order chi connectivity index (χ1) is 13.5. The van der Waals surface area contributed by atoms with Gasteiger partial charge in [0.2, 0.25) is 15.9 Å². The number of aryl methyl sites for hydroxylation is 2. The van der Waals surface area contributed by atoms with E-state index in [0.29, 0.717) is 24.2 Å². The van der Waals surface area contributed by atoms with Crippen LogP contribution in [0.3, 0.4) is 0 Å². The van der Waals surface area contributed by atoms with E-state index in [4.69, 9.17) is 0 Å². The average molecular weight is 429 g/mol. The highest BCUT2D eigenvalue weighted by molar-refractivity contribution is 7.89. The fraction of sp³-hybridized carbons (Fsp3) is 0.474. The van der Waals surface area contributed by atoms with Crippen molar-refractivity contribution in [3.63, 3.8) is 0 Å². The van der Waals surface area contributed by atoms with Crippen LogP contribution in [0.2, 0.25) is 0 Å². The second-order valence-corrected chi connectivity index (χ2v) is 9.11. The van der Waals surface area contributed by atoms with Crippen molar-refractivity contribution in [1.29, 1.82) is 0 Å². The Hall–Kier alpha value is -2.20. The summed E-state index contributed by atoms with van der Waals surface area (Å²) in [7, 11) is -4.02. The van der Waals surface area contributed by atoms with Gasteiger partial charge in [-0.15, -0.1) is 0 Å². The Kier molecular flexibility index (Phi) is 5.86. The number of benzene rings is 1. The first kappa shape index (κ1) is 21.5. The normalized spacial score (nSPS) is 18.7. The molecule has 3 rings (SSSR count). The van der Waals surface area contributed by atoms with Crippen LogP contribution in [0.5, 0.6) is 0 Å². The van der Waals surface area contributed by atoms with Gasteiger partial charge in [0.25, 0.3) is 0 Å². The zero-order chi connectivity index (χ0) is 21.4. The molecule has 1 saturated heterocycles. The van der Waals surface area contributed by atoms with Crippen molar-refractivity contribution in [2.24, 2.45) is 0 Å². The van der Waals surface area contributed by atoms with E-state index >= 15 is 0 Å². The molecule has 0 amide bonds. The number of carbonyl (C=O) groups excluding carboxylic acids is 1. The minimum Gasteiger partial charge on any atom is -0.273 e. The quantitative estimate of drug-likeness (QED) is 0.741. The Labute approximate surface area is 167 Å². The number of alkyl halides is 3. The molecule has 29 heavy (non-hydrogen) atoms. The van der Waals surface area contributed by atoms with Crippen LogP contribution in [-0.2, 0) is 16.2 Å². The van der Waals surface area contributed by atoms with E-state index in [0.717, 1.165) is 30.7 Å². The van der Waals surface area contributed by atoms with Gasteiger partial charge in [-0.3, -0.25) is 4.79 Å². The molecule has 2 aromatic rings. The van der Waals surface area contributed by atoms with Crippen LogP contribution in [0.15, 0.2) is 35.2 Å². The van der Waals surface area contributed by atoms with Crippen LogP contribution in [0.1, 0.15) is 47.4 Å². The molecule has 0 radical (unpaired) electrons. The monoisotopic (exact) mass is 429 g/mol. The summed E-state index contributed by atoms with van der Waals surface area (Å²) < 4.78 is 66.9. The van der Waals surface area contributed by atoms with Crippen molar-refractivity contribution < 1.29 is 26.4 Å². The summed E-state index contributed by atoms with van der Waals surface area (Å²) in [6.45, 7) is 3.73. The minimum absolute atomic E-state index is 0.0399. The van der Waals surface area contributed by atoms with E-state index < -0.39 is 27.8 Å².